The number of nitrogens with one attached hydrogen (secondary N) is 1. The number of hydrogen-bond donors (Lipinski definition) is 1. The zero-order valence-corrected chi connectivity index (χ0v) is 11.7. The molecule has 1 aliphatic rings. The van der Waals surface area contributed by atoms with Crippen molar-refractivity contribution in [2.24, 2.45) is 0 Å². The van der Waals surface area contributed by atoms with E-state index in [4.69, 9.17) is 0 Å². The summed E-state index contributed by atoms with van der Waals surface area (Å²) < 4.78 is 0. The van der Waals surface area contributed by atoms with E-state index in [9.17, 15) is 9.59 Å². The smallest absolute Gasteiger partial charge is 0.248 e. The van der Waals surface area contributed by atoms with Crippen molar-refractivity contribution in [3.05, 3.63) is 22.4 Å². The molecule has 1 aliphatic heterocycles. The van der Waals surface area contributed by atoms with Crippen LogP contribution in [0.2, 0.25) is 0 Å². The van der Waals surface area contributed by atoms with Crippen molar-refractivity contribution in [1.82, 2.24) is 10.2 Å². The minimum atomic E-state index is -0.764. The van der Waals surface area contributed by atoms with Gasteiger partial charge in [0.2, 0.25) is 11.8 Å². The van der Waals surface area contributed by atoms with Gasteiger partial charge in [0.05, 0.1) is 6.04 Å². The second-order valence-electron chi connectivity index (χ2n) is 4.90. The topological polar surface area (TPSA) is 49.4 Å². The molecule has 2 unspecified atom stereocenters. The number of thiophene rings is 1. The molecule has 98 valence electrons. The molecule has 0 radical (unpaired) electrons. The van der Waals surface area contributed by atoms with Crippen molar-refractivity contribution in [2.75, 3.05) is 6.54 Å². The quantitative estimate of drug-likeness (QED) is 0.909. The van der Waals surface area contributed by atoms with Gasteiger partial charge in [0, 0.05) is 0 Å². The van der Waals surface area contributed by atoms with Crippen LogP contribution in [0.15, 0.2) is 16.8 Å². The second kappa shape index (κ2) is 4.72. The van der Waals surface area contributed by atoms with E-state index in [0.717, 1.165) is 5.56 Å². The molecular weight excluding hydrogens is 248 g/mol. The van der Waals surface area contributed by atoms with Crippen molar-refractivity contribution < 1.29 is 9.59 Å². The van der Waals surface area contributed by atoms with Gasteiger partial charge in [0.1, 0.15) is 12.1 Å². The molecule has 5 heteroatoms. The molecule has 0 aliphatic carbocycles. The standard InChI is InChI=1S/C13H18N2O2S/c1-4-13(3)12(17)15(7-11(16)14-13)9(2)10-5-6-18-8-10/h5-6,8-9H,4,7H2,1-3H3,(H,14,16). The normalized spacial score (nSPS) is 26.1. The van der Waals surface area contributed by atoms with Crippen LogP contribution in [0.4, 0.5) is 0 Å². The highest BCUT2D eigenvalue weighted by Crippen LogP contribution is 2.28. The molecule has 1 aromatic heterocycles. The van der Waals surface area contributed by atoms with Gasteiger partial charge >= 0.3 is 0 Å². The number of carbonyl (C=O) groups excluding carboxylic acids is 2. The number of hydrogen-bond acceptors (Lipinski definition) is 3. The molecule has 1 N–H and O–H groups in total. The summed E-state index contributed by atoms with van der Waals surface area (Å²) in [6.07, 6.45) is 0.602. The second-order valence-corrected chi connectivity index (χ2v) is 5.68. The van der Waals surface area contributed by atoms with Gasteiger partial charge in [-0.2, -0.15) is 11.3 Å². The highest BCUT2D eigenvalue weighted by Gasteiger charge is 2.43. The molecule has 2 amide bonds. The van der Waals surface area contributed by atoms with E-state index in [1.165, 1.54) is 0 Å². The van der Waals surface area contributed by atoms with Gasteiger partial charge in [-0.25, -0.2) is 0 Å². The molecule has 2 heterocycles. The number of carbonyl (C=O) groups is 2. The summed E-state index contributed by atoms with van der Waals surface area (Å²) >= 11 is 1.60. The zero-order valence-electron chi connectivity index (χ0n) is 10.9. The van der Waals surface area contributed by atoms with Crippen molar-refractivity contribution in [3.8, 4) is 0 Å². The van der Waals surface area contributed by atoms with E-state index < -0.39 is 5.54 Å². The molecule has 0 aromatic carbocycles. The number of piperazine rings is 1. The fraction of sp³-hybridized carbons (Fsp3) is 0.538. The Bertz CT molecular complexity index is 458. The van der Waals surface area contributed by atoms with Gasteiger partial charge in [-0.15, -0.1) is 0 Å². The Morgan fingerprint density at radius 3 is 2.83 bits per heavy atom. The van der Waals surface area contributed by atoms with Crippen LogP contribution in [-0.4, -0.2) is 28.8 Å². The van der Waals surface area contributed by atoms with Crippen molar-refractivity contribution in [1.29, 1.82) is 0 Å². The van der Waals surface area contributed by atoms with Crippen LogP contribution in [0.25, 0.3) is 0 Å². The fourth-order valence-electron chi connectivity index (χ4n) is 2.19. The lowest BCUT2D eigenvalue weighted by Gasteiger charge is -2.41. The van der Waals surface area contributed by atoms with Gasteiger partial charge in [0.15, 0.2) is 0 Å². The lowest BCUT2D eigenvalue weighted by atomic mass is 9.93. The van der Waals surface area contributed by atoms with Crippen molar-refractivity contribution >= 4 is 23.2 Å². The molecule has 4 nitrogen and oxygen atoms in total. The van der Waals surface area contributed by atoms with Gasteiger partial charge in [-0.3, -0.25) is 9.59 Å². The number of rotatable bonds is 3. The summed E-state index contributed by atoms with van der Waals surface area (Å²) in [5.74, 6) is -0.0793. The van der Waals surface area contributed by atoms with Gasteiger partial charge in [0.25, 0.3) is 0 Å². The monoisotopic (exact) mass is 266 g/mol. The van der Waals surface area contributed by atoms with E-state index in [2.05, 4.69) is 5.32 Å². The van der Waals surface area contributed by atoms with E-state index in [-0.39, 0.29) is 24.4 Å². The lowest BCUT2D eigenvalue weighted by molar-refractivity contribution is -0.151. The third kappa shape index (κ3) is 2.14. The highest BCUT2D eigenvalue weighted by molar-refractivity contribution is 7.07. The maximum absolute atomic E-state index is 12.5. The summed E-state index contributed by atoms with van der Waals surface area (Å²) in [4.78, 5) is 25.9. The average Bonchev–Trinajstić information content (AvgIpc) is 2.86. The van der Waals surface area contributed by atoms with Crippen LogP contribution in [0.5, 0.6) is 0 Å². The van der Waals surface area contributed by atoms with Gasteiger partial charge in [-0.1, -0.05) is 6.92 Å². The van der Waals surface area contributed by atoms with Crippen LogP contribution in [-0.2, 0) is 9.59 Å². The first-order chi connectivity index (χ1) is 8.48. The Labute approximate surface area is 111 Å². The zero-order chi connectivity index (χ0) is 13.3. The molecule has 0 spiro atoms. The molecule has 0 bridgehead atoms. The third-order valence-electron chi connectivity index (χ3n) is 3.66. The molecule has 1 fully saturated rings. The van der Waals surface area contributed by atoms with Crippen LogP contribution in [0.1, 0.15) is 38.8 Å². The minimum absolute atomic E-state index is 0.00306. The Balaban J connectivity index is 2.27. The van der Waals surface area contributed by atoms with Crippen molar-refractivity contribution in [2.45, 2.75) is 38.8 Å². The molecule has 2 atom stereocenters. The SMILES string of the molecule is CCC1(C)NC(=O)CN(C(C)c2ccsc2)C1=O. The molecule has 18 heavy (non-hydrogen) atoms. The summed E-state index contributed by atoms with van der Waals surface area (Å²) in [6.45, 7) is 5.82. The maximum atomic E-state index is 12.5. The van der Waals surface area contributed by atoms with Crippen molar-refractivity contribution in [3.63, 3.8) is 0 Å². The summed E-state index contributed by atoms with van der Waals surface area (Å²) in [5, 5.41) is 6.80. The average molecular weight is 266 g/mol. The van der Waals surface area contributed by atoms with Gasteiger partial charge in [-0.05, 0) is 42.7 Å². The molecule has 0 saturated carbocycles. The lowest BCUT2D eigenvalue weighted by Crippen LogP contribution is -2.65. The Hall–Kier alpha value is -1.36. The molecule has 2 rings (SSSR count). The fourth-order valence-corrected chi connectivity index (χ4v) is 2.94. The van der Waals surface area contributed by atoms with Crippen LogP contribution >= 0.6 is 11.3 Å². The first-order valence-electron chi connectivity index (χ1n) is 6.12. The summed E-state index contributed by atoms with van der Waals surface area (Å²) in [5.41, 5.74) is 0.320. The Morgan fingerprint density at radius 2 is 2.28 bits per heavy atom. The summed E-state index contributed by atoms with van der Waals surface area (Å²) in [6, 6.07) is 1.94. The van der Waals surface area contributed by atoms with E-state index >= 15 is 0 Å². The molecule has 1 saturated heterocycles. The summed E-state index contributed by atoms with van der Waals surface area (Å²) in [7, 11) is 0. The van der Waals surface area contributed by atoms with Crippen LogP contribution in [0, 0.1) is 0 Å². The minimum Gasteiger partial charge on any atom is -0.340 e. The number of nitrogens with zero attached hydrogens (tertiary/aromatic N) is 1. The first kappa shape index (κ1) is 13.1. The maximum Gasteiger partial charge on any atom is 0.248 e. The predicted octanol–water partition coefficient (Wildman–Crippen LogP) is 1.94. The largest absolute Gasteiger partial charge is 0.340 e. The van der Waals surface area contributed by atoms with Crippen LogP contribution < -0.4 is 5.32 Å². The van der Waals surface area contributed by atoms with E-state index in [0.29, 0.717) is 6.42 Å². The molecule has 1 aromatic rings. The predicted molar refractivity (Wildman–Crippen MR) is 71.3 cm³/mol. The highest BCUT2D eigenvalue weighted by atomic mass is 32.1. The molecular formula is C13H18N2O2S. The van der Waals surface area contributed by atoms with Gasteiger partial charge < -0.3 is 10.2 Å². The third-order valence-corrected chi connectivity index (χ3v) is 4.36. The van der Waals surface area contributed by atoms with E-state index in [1.54, 1.807) is 23.2 Å². The Kier molecular flexibility index (Phi) is 3.43. The van der Waals surface area contributed by atoms with E-state index in [1.807, 2.05) is 30.7 Å². The first-order valence-corrected chi connectivity index (χ1v) is 7.06. The number of amides is 2. The van der Waals surface area contributed by atoms with Crippen LogP contribution in [0.3, 0.4) is 0 Å². The Morgan fingerprint density at radius 1 is 1.56 bits per heavy atom.